The number of tetrazole rings is 1. The molecule has 1 fully saturated rings. The Morgan fingerprint density at radius 1 is 1.24 bits per heavy atom. The van der Waals surface area contributed by atoms with Gasteiger partial charge in [-0.05, 0) is 42.5 Å². The van der Waals surface area contributed by atoms with Crippen LogP contribution >= 0.6 is 22.9 Å². The number of aromatic nitrogens is 6. The first-order valence-electron chi connectivity index (χ1n) is 9.98. The second-order valence-corrected chi connectivity index (χ2v) is 9.24. The van der Waals surface area contributed by atoms with Gasteiger partial charge in [-0.2, -0.15) is 5.21 Å². The standard InChI is InChI=1S/C21H13ClF2N6O2S/c22-12-4-3-9-16-20(33-18(9)17(12)31)25-19(30(21(16)32)7-15-26-28-29-27-15)11-6-14(24)13(23)5-10(11)8-1-2-8/h3-6,8,31H,1-2,7H2,(H,26,27,28,29). The fourth-order valence-corrected chi connectivity index (χ4v) is 5.34. The van der Waals surface area contributed by atoms with Gasteiger partial charge in [0.1, 0.15) is 10.7 Å². The van der Waals surface area contributed by atoms with Crippen LogP contribution in [0, 0.1) is 11.6 Å². The van der Waals surface area contributed by atoms with Crippen molar-refractivity contribution in [1.29, 1.82) is 0 Å². The molecular formula is C21H13ClF2N6O2S. The Bertz CT molecular complexity index is 1630. The first-order valence-corrected chi connectivity index (χ1v) is 11.2. The van der Waals surface area contributed by atoms with Gasteiger partial charge in [-0.15, -0.1) is 21.5 Å². The van der Waals surface area contributed by atoms with Crippen LogP contribution < -0.4 is 5.56 Å². The summed E-state index contributed by atoms with van der Waals surface area (Å²) in [5.74, 6) is -1.68. The van der Waals surface area contributed by atoms with Crippen molar-refractivity contribution in [2.75, 3.05) is 0 Å². The van der Waals surface area contributed by atoms with Crippen LogP contribution in [0.5, 0.6) is 5.75 Å². The van der Waals surface area contributed by atoms with E-state index in [-0.39, 0.29) is 40.3 Å². The van der Waals surface area contributed by atoms with E-state index >= 15 is 0 Å². The molecule has 12 heteroatoms. The summed E-state index contributed by atoms with van der Waals surface area (Å²) in [4.78, 5) is 18.8. The van der Waals surface area contributed by atoms with E-state index in [1.54, 1.807) is 6.07 Å². The largest absolute Gasteiger partial charge is 0.505 e. The zero-order valence-corrected chi connectivity index (χ0v) is 18.2. The maximum atomic E-state index is 14.3. The maximum Gasteiger partial charge on any atom is 0.263 e. The number of H-pyrrole nitrogens is 1. The van der Waals surface area contributed by atoms with Gasteiger partial charge >= 0.3 is 0 Å². The number of phenolic OH excluding ortho intramolecular Hbond substituents is 1. The zero-order valence-electron chi connectivity index (χ0n) is 16.6. The minimum absolute atomic E-state index is 0.0617. The molecule has 2 N–H and O–H groups in total. The Hall–Kier alpha value is -3.44. The van der Waals surface area contributed by atoms with E-state index in [0.717, 1.165) is 30.2 Å². The Labute approximate surface area is 192 Å². The molecule has 1 saturated carbocycles. The van der Waals surface area contributed by atoms with Crippen LogP contribution in [-0.2, 0) is 6.54 Å². The third kappa shape index (κ3) is 3.18. The fraction of sp³-hybridized carbons (Fsp3) is 0.190. The lowest BCUT2D eigenvalue weighted by Crippen LogP contribution is -2.24. The van der Waals surface area contributed by atoms with E-state index in [2.05, 4.69) is 25.6 Å². The Morgan fingerprint density at radius 2 is 2.03 bits per heavy atom. The van der Waals surface area contributed by atoms with Gasteiger partial charge in [-0.3, -0.25) is 9.36 Å². The van der Waals surface area contributed by atoms with Crippen LogP contribution in [0.1, 0.15) is 30.1 Å². The van der Waals surface area contributed by atoms with Crippen molar-refractivity contribution in [3.05, 3.63) is 62.7 Å². The lowest BCUT2D eigenvalue weighted by atomic mass is 10.0. The van der Waals surface area contributed by atoms with Crippen molar-refractivity contribution in [3.63, 3.8) is 0 Å². The number of thiophene rings is 1. The van der Waals surface area contributed by atoms with Crippen molar-refractivity contribution < 1.29 is 13.9 Å². The summed E-state index contributed by atoms with van der Waals surface area (Å²) < 4.78 is 30.2. The molecule has 1 aliphatic carbocycles. The molecule has 0 spiro atoms. The lowest BCUT2D eigenvalue weighted by Gasteiger charge is -2.15. The summed E-state index contributed by atoms with van der Waals surface area (Å²) in [6.45, 7) is -0.0897. The van der Waals surface area contributed by atoms with Crippen molar-refractivity contribution in [3.8, 4) is 17.1 Å². The molecule has 0 saturated heterocycles. The molecule has 0 bridgehead atoms. The first kappa shape index (κ1) is 20.2. The highest BCUT2D eigenvalue weighted by Gasteiger charge is 2.30. The number of nitrogens with one attached hydrogen (secondary N) is 1. The van der Waals surface area contributed by atoms with E-state index in [1.165, 1.54) is 16.7 Å². The van der Waals surface area contributed by atoms with Crippen LogP contribution in [0.3, 0.4) is 0 Å². The van der Waals surface area contributed by atoms with Gasteiger partial charge < -0.3 is 5.11 Å². The Kier molecular flexibility index (Phi) is 4.46. The van der Waals surface area contributed by atoms with Gasteiger partial charge in [0.15, 0.2) is 23.2 Å². The van der Waals surface area contributed by atoms with E-state index in [0.29, 0.717) is 26.0 Å². The van der Waals surface area contributed by atoms with Crippen LogP contribution in [0.15, 0.2) is 29.1 Å². The van der Waals surface area contributed by atoms with Gasteiger partial charge in [0.2, 0.25) is 0 Å². The van der Waals surface area contributed by atoms with Crippen molar-refractivity contribution >= 4 is 43.2 Å². The van der Waals surface area contributed by atoms with Crippen LogP contribution in [0.4, 0.5) is 8.78 Å². The number of rotatable bonds is 4. The molecule has 0 unspecified atom stereocenters. The summed E-state index contributed by atoms with van der Waals surface area (Å²) >= 11 is 7.15. The molecule has 3 aromatic heterocycles. The molecule has 8 nitrogen and oxygen atoms in total. The van der Waals surface area contributed by atoms with Crippen molar-refractivity contribution in [1.82, 2.24) is 30.2 Å². The molecule has 0 aliphatic heterocycles. The summed E-state index contributed by atoms with van der Waals surface area (Å²) in [6, 6.07) is 5.40. The lowest BCUT2D eigenvalue weighted by molar-refractivity contribution is 0.483. The van der Waals surface area contributed by atoms with E-state index in [4.69, 9.17) is 11.6 Å². The minimum atomic E-state index is -1.03. The fourth-order valence-electron chi connectivity index (χ4n) is 4.01. The first-order chi connectivity index (χ1) is 15.9. The molecule has 166 valence electrons. The average Bonchev–Trinajstić information content (AvgIpc) is 3.37. The second kappa shape index (κ2) is 7.29. The van der Waals surface area contributed by atoms with Gasteiger partial charge in [-0.1, -0.05) is 22.9 Å². The predicted octanol–water partition coefficient (Wildman–Crippen LogP) is 4.35. The van der Waals surface area contributed by atoms with Gasteiger partial charge in [-0.25, -0.2) is 13.8 Å². The van der Waals surface area contributed by atoms with Crippen LogP contribution in [-0.4, -0.2) is 35.3 Å². The number of phenols is 1. The smallest absolute Gasteiger partial charge is 0.263 e. The molecule has 0 amide bonds. The molecule has 6 rings (SSSR count). The van der Waals surface area contributed by atoms with Gasteiger partial charge in [0, 0.05) is 10.9 Å². The predicted molar refractivity (Wildman–Crippen MR) is 119 cm³/mol. The normalized spacial score (nSPS) is 13.9. The third-order valence-corrected chi connectivity index (χ3v) is 7.14. The number of nitrogens with zero attached hydrogens (tertiary/aromatic N) is 5. The summed E-state index contributed by atoms with van der Waals surface area (Å²) in [5, 5.41) is 25.1. The number of aromatic amines is 1. The highest BCUT2D eigenvalue weighted by atomic mass is 35.5. The topological polar surface area (TPSA) is 110 Å². The molecule has 1 aliphatic rings. The molecule has 5 aromatic rings. The van der Waals surface area contributed by atoms with E-state index in [1.807, 2.05) is 0 Å². The Balaban J connectivity index is 1.71. The van der Waals surface area contributed by atoms with Crippen molar-refractivity contribution in [2.24, 2.45) is 0 Å². The number of hydrogen-bond donors (Lipinski definition) is 2. The molecule has 0 atom stereocenters. The number of fused-ring (bicyclic) bond motifs is 3. The maximum absolute atomic E-state index is 14.3. The molecule has 33 heavy (non-hydrogen) atoms. The number of benzene rings is 2. The zero-order chi connectivity index (χ0) is 22.9. The summed E-state index contributed by atoms with van der Waals surface area (Å²) in [7, 11) is 0. The SMILES string of the molecule is O=c1c2c(nc(-c3cc(F)c(F)cc3C3CC3)n1Cc1nn[nH]n1)sc1c(O)c(Cl)ccc12. The quantitative estimate of drug-likeness (QED) is 0.391. The van der Waals surface area contributed by atoms with E-state index in [9.17, 15) is 18.7 Å². The molecular weight excluding hydrogens is 474 g/mol. The van der Waals surface area contributed by atoms with Crippen LogP contribution in [0.2, 0.25) is 5.02 Å². The number of halogens is 3. The van der Waals surface area contributed by atoms with E-state index < -0.39 is 17.2 Å². The highest BCUT2D eigenvalue weighted by Crippen LogP contribution is 2.46. The molecule has 3 heterocycles. The number of hydrogen-bond acceptors (Lipinski definition) is 7. The molecule has 0 radical (unpaired) electrons. The summed E-state index contributed by atoms with van der Waals surface area (Å²) in [6.07, 6.45) is 1.68. The minimum Gasteiger partial charge on any atom is -0.505 e. The monoisotopic (exact) mass is 486 g/mol. The Morgan fingerprint density at radius 3 is 2.76 bits per heavy atom. The highest BCUT2D eigenvalue weighted by molar-refractivity contribution is 7.25. The van der Waals surface area contributed by atoms with Gasteiger partial charge in [0.25, 0.3) is 5.56 Å². The van der Waals surface area contributed by atoms with Crippen LogP contribution in [0.25, 0.3) is 31.7 Å². The van der Waals surface area contributed by atoms with Crippen molar-refractivity contribution in [2.45, 2.75) is 25.3 Å². The molecule has 2 aromatic carbocycles. The average molecular weight is 487 g/mol. The third-order valence-electron chi connectivity index (χ3n) is 5.73. The number of aromatic hydroxyl groups is 1. The second-order valence-electron chi connectivity index (χ2n) is 7.84. The summed E-state index contributed by atoms with van der Waals surface area (Å²) in [5.41, 5.74) is 0.492. The van der Waals surface area contributed by atoms with Gasteiger partial charge in [0.05, 0.1) is 21.7 Å².